The Labute approximate surface area is 236 Å². The van der Waals surface area contributed by atoms with E-state index < -0.39 is 53.9 Å². The molecule has 0 aliphatic carbocycles. The van der Waals surface area contributed by atoms with Gasteiger partial charge >= 0.3 is 12.3 Å². The van der Waals surface area contributed by atoms with E-state index in [2.05, 4.69) is 10.3 Å². The zero-order valence-electron chi connectivity index (χ0n) is 23.0. The molecule has 224 valence electrons. The van der Waals surface area contributed by atoms with Crippen molar-refractivity contribution >= 4 is 23.0 Å². The number of benzene rings is 1. The van der Waals surface area contributed by atoms with Gasteiger partial charge in [-0.2, -0.15) is 18.4 Å². The second kappa shape index (κ2) is 10.8. The van der Waals surface area contributed by atoms with E-state index in [1.807, 2.05) is 6.07 Å². The average Bonchev–Trinajstić information content (AvgIpc) is 3.20. The Kier molecular flexibility index (Phi) is 7.84. The Morgan fingerprint density at radius 1 is 1.29 bits per heavy atom. The molecular weight excluding hydrogens is 567 g/mol. The molecule has 0 bridgehead atoms. The minimum Gasteiger partial charge on any atom is -0.487 e. The van der Waals surface area contributed by atoms with Crippen LogP contribution in [0, 0.1) is 23.7 Å². The summed E-state index contributed by atoms with van der Waals surface area (Å²) in [6.45, 7) is 5.02. The van der Waals surface area contributed by atoms with Gasteiger partial charge in [-0.3, -0.25) is 14.7 Å². The monoisotopic (exact) mass is 594 g/mol. The number of nitrogens with one attached hydrogen (secondary N) is 1. The van der Waals surface area contributed by atoms with Crippen LogP contribution >= 0.6 is 0 Å². The first-order chi connectivity index (χ1) is 19.5. The van der Waals surface area contributed by atoms with E-state index in [1.54, 1.807) is 0 Å². The third-order valence-corrected chi connectivity index (χ3v) is 7.03. The van der Waals surface area contributed by atoms with Gasteiger partial charge in [-0.05, 0) is 30.9 Å². The van der Waals surface area contributed by atoms with Gasteiger partial charge in [0.15, 0.2) is 5.69 Å². The summed E-state index contributed by atoms with van der Waals surface area (Å²) in [5.74, 6) is -4.70. The van der Waals surface area contributed by atoms with Crippen LogP contribution in [0.1, 0.15) is 60.1 Å². The molecule has 2 unspecified atom stereocenters. The zero-order valence-corrected chi connectivity index (χ0v) is 23.0. The number of halogens is 5. The maximum absolute atomic E-state index is 15.7. The molecule has 0 saturated carbocycles. The first-order valence-electron chi connectivity index (χ1n) is 12.8. The largest absolute Gasteiger partial charge is 0.487 e. The van der Waals surface area contributed by atoms with Gasteiger partial charge in [-0.15, -0.1) is 0 Å². The summed E-state index contributed by atoms with van der Waals surface area (Å²) < 4.78 is 82.7. The van der Waals surface area contributed by atoms with E-state index in [4.69, 9.17) is 9.15 Å². The molecule has 2 aromatic heterocycles. The Morgan fingerprint density at radius 3 is 2.57 bits per heavy atom. The number of nitriles is 1. The van der Waals surface area contributed by atoms with E-state index >= 15 is 8.78 Å². The molecular formula is C28H27F5N4O5. The number of likely N-dealkylation sites (tertiary alicyclic amines) is 1. The molecule has 4 rings (SSSR count). The van der Waals surface area contributed by atoms with E-state index in [9.17, 15) is 33.1 Å². The first kappa shape index (κ1) is 30.5. The second-order valence-corrected chi connectivity index (χ2v) is 11.0. The van der Waals surface area contributed by atoms with Gasteiger partial charge in [0.25, 0.3) is 11.8 Å². The van der Waals surface area contributed by atoms with Crippen molar-refractivity contribution in [2.24, 2.45) is 5.41 Å². The second-order valence-electron chi connectivity index (χ2n) is 11.0. The highest BCUT2D eigenvalue weighted by atomic mass is 19.4. The summed E-state index contributed by atoms with van der Waals surface area (Å²) in [6, 6.07) is 3.35. The third-order valence-electron chi connectivity index (χ3n) is 7.03. The van der Waals surface area contributed by atoms with Crippen LogP contribution in [0.15, 0.2) is 34.9 Å². The molecule has 3 aromatic rings. The van der Waals surface area contributed by atoms with Crippen molar-refractivity contribution in [2.75, 3.05) is 6.54 Å². The van der Waals surface area contributed by atoms with Crippen LogP contribution < -0.4 is 10.1 Å². The lowest BCUT2D eigenvalue weighted by molar-refractivity contribution is -0.154. The number of carbonyl (C=O) groups is 2. The standard InChI is InChI=1S/C28H27F5N4O5/c1-14-21(23(38)36-20-7-9-37(25(39)40)24(26(2,3)4)27(20,29)30)17-11-18(16(12-34)10-19(17)42-14)41-13-15-6-5-8-35-22(15)28(31,32)33/h5-6,8,10-11,20,24H,7,9,13H2,1-4H3,(H,36,38)(H,39,40). The summed E-state index contributed by atoms with van der Waals surface area (Å²) in [5.41, 5.74) is -2.80. The maximum atomic E-state index is 15.7. The third kappa shape index (κ3) is 5.68. The summed E-state index contributed by atoms with van der Waals surface area (Å²) >= 11 is 0. The van der Waals surface area contributed by atoms with Gasteiger partial charge < -0.3 is 19.6 Å². The fraction of sp³-hybridized carbons (Fsp3) is 0.429. The smallest absolute Gasteiger partial charge is 0.433 e. The van der Waals surface area contributed by atoms with Crippen LogP contribution in [0.2, 0.25) is 0 Å². The van der Waals surface area contributed by atoms with Crippen LogP contribution in [-0.2, 0) is 12.8 Å². The van der Waals surface area contributed by atoms with Crippen molar-refractivity contribution in [1.82, 2.24) is 15.2 Å². The lowest BCUT2D eigenvalue weighted by Gasteiger charge is -2.49. The van der Waals surface area contributed by atoms with Crippen LogP contribution in [0.5, 0.6) is 5.75 Å². The highest BCUT2D eigenvalue weighted by molar-refractivity contribution is 6.08. The molecule has 2 N–H and O–H groups in total. The molecule has 0 radical (unpaired) electrons. The number of amides is 2. The van der Waals surface area contributed by atoms with Crippen LogP contribution in [0.3, 0.4) is 0 Å². The number of aryl methyl sites for hydroxylation is 1. The van der Waals surface area contributed by atoms with Crippen molar-refractivity contribution in [3.8, 4) is 11.8 Å². The fourth-order valence-corrected chi connectivity index (χ4v) is 5.34. The van der Waals surface area contributed by atoms with Gasteiger partial charge in [-0.1, -0.05) is 26.8 Å². The molecule has 9 nitrogen and oxygen atoms in total. The van der Waals surface area contributed by atoms with Crippen LogP contribution in [0.4, 0.5) is 26.7 Å². The molecule has 2 atom stereocenters. The van der Waals surface area contributed by atoms with Crippen molar-refractivity contribution in [3.05, 3.63) is 58.6 Å². The lowest BCUT2D eigenvalue weighted by Crippen LogP contribution is -2.68. The van der Waals surface area contributed by atoms with Gasteiger partial charge in [0.05, 0.1) is 17.2 Å². The molecule has 42 heavy (non-hydrogen) atoms. The lowest BCUT2D eigenvalue weighted by atomic mass is 9.76. The highest BCUT2D eigenvalue weighted by Crippen LogP contribution is 2.43. The molecule has 1 aliphatic heterocycles. The molecule has 3 heterocycles. The number of piperidine rings is 1. The molecule has 0 spiro atoms. The molecule has 2 amide bonds. The predicted molar refractivity (Wildman–Crippen MR) is 138 cm³/mol. The van der Waals surface area contributed by atoms with Crippen LogP contribution in [0.25, 0.3) is 11.0 Å². The predicted octanol–water partition coefficient (Wildman–Crippen LogP) is 6.14. The molecule has 14 heteroatoms. The van der Waals surface area contributed by atoms with E-state index in [0.29, 0.717) is 4.90 Å². The Balaban J connectivity index is 1.66. The summed E-state index contributed by atoms with van der Waals surface area (Å²) in [6.07, 6.45) is -5.61. The number of nitrogens with zero attached hydrogens (tertiary/aromatic N) is 3. The number of furan rings is 1. The van der Waals surface area contributed by atoms with Crippen molar-refractivity contribution in [3.63, 3.8) is 0 Å². The summed E-state index contributed by atoms with van der Waals surface area (Å²) in [5, 5.41) is 21.5. The molecule has 1 fully saturated rings. The van der Waals surface area contributed by atoms with Gasteiger partial charge in [0.1, 0.15) is 35.8 Å². The van der Waals surface area contributed by atoms with Gasteiger partial charge in [-0.25, -0.2) is 13.6 Å². The van der Waals surface area contributed by atoms with Gasteiger partial charge in [0, 0.05) is 29.8 Å². The number of aromatic nitrogens is 1. The fourth-order valence-electron chi connectivity index (χ4n) is 5.34. The Bertz CT molecular complexity index is 1570. The summed E-state index contributed by atoms with van der Waals surface area (Å²) in [7, 11) is 0. The zero-order chi connectivity index (χ0) is 31.2. The number of hydrogen-bond donors (Lipinski definition) is 2. The average molecular weight is 595 g/mol. The number of hydrogen-bond acceptors (Lipinski definition) is 6. The Hall–Kier alpha value is -4.41. The highest BCUT2D eigenvalue weighted by Gasteiger charge is 2.59. The van der Waals surface area contributed by atoms with E-state index in [-0.39, 0.29) is 52.1 Å². The number of carbonyl (C=O) groups excluding carboxylic acids is 1. The number of pyridine rings is 1. The minimum absolute atomic E-state index is 0.0359. The van der Waals surface area contributed by atoms with Crippen molar-refractivity contribution in [1.29, 1.82) is 5.26 Å². The quantitative estimate of drug-likeness (QED) is 0.340. The van der Waals surface area contributed by atoms with Crippen molar-refractivity contribution < 1.29 is 45.8 Å². The first-order valence-corrected chi connectivity index (χ1v) is 12.8. The number of rotatable bonds is 5. The van der Waals surface area contributed by atoms with Gasteiger partial charge in [0.2, 0.25) is 0 Å². The van der Waals surface area contributed by atoms with Crippen molar-refractivity contribution in [2.45, 2.75) is 64.9 Å². The molecule has 1 aromatic carbocycles. The SMILES string of the molecule is Cc1oc2cc(C#N)c(OCc3cccnc3C(F)(F)F)cc2c1C(=O)NC1CCN(C(=O)O)C(C(C)(C)C)C1(F)F. The maximum Gasteiger partial charge on any atom is 0.433 e. The molecule has 1 aliphatic rings. The van der Waals surface area contributed by atoms with E-state index in [1.165, 1.54) is 52.0 Å². The number of alkyl halides is 5. The Morgan fingerprint density at radius 2 is 1.98 bits per heavy atom. The van der Waals surface area contributed by atoms with Crippen LogP contribution in [-0.4, -0.2) is 51.5 Å². The van der Waals surface area contributed by atoms with E-state index in [0.717, 1.165) is 6.20 Å². The number of fused-ring (bicyclic) bond motifs is 1. The number of ether oxygens (including phenoxy) is 1. The topological polar surface area (TPSA) is 129 Å². The minimum atomic E-state index is -4.75. The normalized spacial score (nSPS) is 18.9. The number of carboxylic acid groups (broad SMARTS) is 1. The summed E-state index contributed by atoms with van der Waals surface area (Å²) in [4.78, 5) is 29.1. The molecule has 1 saturated heterocycles.